The Kier molecular flexibility index (Phi) is 6.45. The molecule has 1 saturated carbocycles. The van der Waals surface area contributed by atoms with Crippen LogP contribution in [-0.2, 0) is 5.41 Å². The summed E-state index contributed by atoms with van der Waals surface area (Å²) < 4.78 is 0. The van der Waals surface area contributed by atoms with Gasteiger partial charge in [-0.3, -0.25) is 0 Å². The summed E-state index contributed by atoms with van der Waals surface area (Å²) in [4.78, 5) is 0. The molecule has 2 nitrogen and oxygen atoms in total. The summed E-state index contributed by atoms with van der Waals surface area (Å²) in [6.07, 6.45) is 6.26. The van der Waals surface area contributed by atoms with E-state index >= 15 is 0 Å². The van der Waals surface area contributed by atoms with E-state index in [0.717, 1.165) is 22.7 Å². The molecule has 0 radical (unpaired) electrons. The van der Waals surface area contributed by atoms with Crippen LogP contribution in [0.25, 0.3) is 21.5 Å². The van der Waals surface area contributed by atoms with E-state index in [2.05, 4.69) is 144 Å². The van der Waals surface area contributed by atoms with Gasteiger partial charge in [-0.1, -0.05) is 104 Å². The molecule has 2 N–H and O–H groups in total. The highest BCUT2D eigenvalue weighted by atomic mass is 14.9. The van der Waals surface area contributed by atoms with Crippen LogP contribution in [0.15, 0.2) is 133 Å². The number of anilines is 4. The largest absolute Gasteiger partial charge is 0.356 e. The van der Waals surface area contributed by atoms with Gasteiger partial charge in [0.2, 0.25) is 0 Å². The van der Waals surface area contributed by atoms with E-state index < -0.39 is 0 Å². The van der Waals surface area contributed by atoms with Gasteiger partial charge in [0, 0.05) is 28.2 Å². The number of rotatable bonds is 6. The predicted octanol–water partition coefficient (Wildman–Crippen LogP) is 10.7. The topological polar surface area (TPSA) is 24.1 Å². The maximum Gasteiger partial charge on any atom is 0.0390 e. The lowest BCUT2D eigenvalue weighted by Crippen LogP contribution is -2.30. The minimum Gasteiger partial charge on any atom is -0.356 e. The Morgan fingerprint density at radius 3 is 1.23 bits per heavy atom. The Hall–Kier alpha value is -4.56. The molecular formula is C38H34N2. The maximum atomic E-state index is 3.61. The fraction of sp³-hybridized carbons (Fsp3) is 0.158. The summed E-state index contributed by atoms with van der Waals surface area (Å²) in [5.41, 5.74) is 7.40. The van der Waals surface area contributed by atoms with E-state index in [4.69, 9.17) is 0 Å². The second kappa shape index (κ2) is 10.5. The second-order valence-electron chi connectivity index (χ2n) is 11.2. The zero-order chi connectivity index (χ0) is 26.8. The first-order chi connectivity index (χ1) is 19.7. The predicted molar refractivity (Wildman–Crippen MR) is 171 cm³/mol. The molecule has 0 aromatic heterocycles. The zero-order valence-corrected chi connectivity index (χ0v) is 22.7. The van der Waals surface area contributed by atoms with Crippen molar-refractivity contribution < 1.29 is 0 Å². The first-order valence-corrected chi connectivity index (χ1v) is 14.5. The van der Waals surface area contributed by atoms with Gasteiger partial charge in [0.05, 0.1) is 0 Å². The summed E-state index contributed by atoms with van der Waals surface area (Å²) in [5.74, 6) is 0. The lowest BCUT2D eigenvalue weighted by molar-refractivity contribution is 0.346. The molecule has 6 aromatic carbocycles. The van der Waals surface area contributed by atoms with Crippen LogP contribution in [0.3, 0.4) is 0 Å². The fourth-order valence-corrected chi connectivity index (χ4v) is 6.51. The van der Waals surface area contributed by atoms with Crippen LogP contribution in [0.2, 0.25) is 0 Å². The van der Waals surface area contributed by atoms with E-state index in [-0.39, 0.29) is 5.41 Å². The number of benzene rings is 6. The Morgan fingerprint density at radius 2 is 0.775 bits per heavy atom. The van der Waals surface area contributed by atoms with E-state index in [0.29, 0.717) is 0 Å². The molecule has 6 aromatic rings. The number of fused-ring (bicyclic) bond motifs is 2. The van der Waals surface area contributed by atoms with Crippen molar-refractivity contribution in [3.8, 4) is 0 Å². The van der Waals surface area contributed by atoms with Crippen LogP contribution in [0.5, 0.6) is 0 Å². The monoisotopic (exact) mass is 518 g/mol. The standard InChI is InChI=1S/C38H34N2/c1-6-24-38(25-7-1,32-14-20-34(21-15-32)39-36-18-12-28-8-2-4-10-30(28)26-36)33-16-22-35(23-17-33)40-37-19-13-29-9-3-5-11-31(29)27-37/h2-5,8-23,26-27,39-40H,1,6-7,24-25H2. The summed E-state index contributed by atoms with van der Waals surface area (Å²) >= 11 is 0. The molecule has 40 heavy (non-hydrogen) atoms. The van der Waals surface area contributed by atoms with Crippen molar-refractivity contribution in [3.05, 3.63) is 145 Å². The van der Waals surface area contributed by atoms with E-state index in [1.165, 1.54) is 64.8 Å². The van der Waals surface area contributed by atoms with Crippen molar-refractivity contribution in [1.29, 1.82) is 0 Å². The highest BCUT2D eigenvalue weighted by molar-refractivity contribution is 5.87. The third-order valence-corrected chi connectivity index (χ3v) is 8.66. The molecule has 0 bridgehead atoms. The number of nitrogens with one attached hydrogen (secondary N) is 2. The normalized spacial score (nSPS) is 14.7. The van der Waals surface area contributed by atoms with Crippen LogP contribution in [0, 0.1) is 0 Å². The minimum absolute atomic E-state index is 0.0706. The lowest BCUT2D eigenvalue weighted by atomic mass is 9.65. The zero-order valence-electron chi connectivity index (χ0n) is 22.7. The van der Waals surface area contributed by atoms with Gasteiger partial charge in [0.25, 0.3) is 0 Å². The molecule has 0 heterocycles. The minimum atomic E-state index is 0.0706. The molecule has 1 aliphatic carbocycles. The van der Waals surface area contributed by atoms with Crippen LogP contribution in [0.1, 0.15) is 43.2 Å². The third kappa shape index (κ3) is 4.82. The van der Waals surface area contributed by atoms with Gasteiger partial charge in [-0.15, -0.1) is 0 Å². The molecular weight excluding hydrogens is 484 g/mol. The Balaban J connectivity index is 1.12. The number of hydrogen-bond donors (Lipinski definition) is 2. The molecule has 0 saturated heterocycles. The van der Waals surface area contributed by atoms with Gasteiger partial charge in [-0.25, -0.2) is 0 Å². The second-order valence-corrected chi connectivity index (χ2v) is 11.2. The lowest BCUT2D eigenvalue weighted by Gasteiger charge is -2.39. The van der Waals surface area contributed by atoms with Gasteiger partial charge < -0.3 is 10.6 Å². The van der Waals surface area contributed by atoms with E-state index in [1.54, 1.807) is 0 Å². The smallest absolute Gasteiger partial charge is 0.0390 e. The molecule has 0 aliphatic heterocycles. The molecule has 196 valence electrons. The molecule has 0 amide bonds. The van der Waals surface area contributed by atoms with E-state index in [9.17, 15) is 0 Å². The molecule has 1 aliphatic rings. The van der Waals surface area contributed by atoms with Crippen LogP contribution < -0.4 is 10.6 Å². The van der Waals surface area contributed by atoms with E-state index in [1.807, 2.05) is 0 Å². The number of hydrogen-bond acceptors (Lipinski definition) is 2. The van der Waals surface area contributed by atoms with Gasteiger partial charge in [-0.2, -0.15) is 0 Å². The third-order valence-electron chi connectivity index (χ3n) is 8.66. The Morgan fingerprint density at radius 1 is 0.375 bits per heavy atom. The van der Waals surface area contributed by atoms with Crippen molar-refractivity contribution in [1.82, 2.24) is 0 Å². The first kappa shape index (κ1) is 24.5. The van der Waals surface area contributed by atoms with Gasteiger partial charge in [-0.05, 0) is 94.0 Å². The Labute approximate surface area is 236 Å². The maximum absolute atomic E-state index is 3.61. The summed E-state index contributed by atoms with van der Waals surface area (Å²) in [6.45, 7) is 0. The Bertz CT molecular complexity index is 1630. The van der Waals surface area contributed by atoms with Crippen LogP contribution >= 0.6 is 0 Å². The van der Waals surface area contributed by atoms with Crippen molar-refractivity contribution in [3.63, 3.8) is 0 Å². The summed E-state index contributed by atoms with van der Waals surface area (Å²) in [6, 6.07) is 48.5. The average molecular weight is 519 g/mol. The van der Waals surface area contributed by atoms with Crippen molar-refractivity contribution in [2.45, 2.75) is 37.5 Å². The van der Waals surface area contributed by atoms with Crippen molar-refractivity contribution in [2.75, 3.05) is 10.6 Å². The average Bonchev–Trinajstić information content (AvgIpc) is 3.02. The van der Waals surface area contributed by atoms with Gasteiger partial charge in [0.1, 0.15) is 0 Å². The summed E-state index contributed by atoms with van der Waals surface area (Å²) in [5, 5.41) is 12.3. The highest BCUT2D eigenvalue weighted by Crippen LogP contribution is 2.45. The molecule has 1 fully saturated rings. The fourth-order valence-electron chi connectivity index (χ4n) is 6.51. The van der Waals surface area contributed by atoms with Crippen LogP contribution in [-0.4, -0.2) is 0 Å². The first-order valence-electron chi connectivity index (χ1n) is 14.5. The molecule has 0 spiro atoms. The molecule has 0 unspecified atom stereocenters. The molecule has 2 heteroatoms. The summed E-state index contributed by atoms with van der Waals surface area (Å²) in [7, 11) is 0. The highest BCUT2D eigenvalue weighted by Gasteiger charge is 2.35. The van der Waals surface area contributed by atoms with Crippen LogP contribution in [0.4, 0.5) is 22.7 Å². The van der Waals surface area contributed by atoms with Gasteiger partial charge in [0.15, 0.2) is 0 Å². The SMILES string of the molecule is c1ccc2cc(Nc3ccc(C4(c5ccc(Nc6ccc7ccccc7c6)cc5)CCCCC4)cc3)ccc2c1. The van der Waals surface area contributed by atoms with Crippen molar-refractivity contribution >= 4 is 44.3 Å². The van der Waals surface area contributed by atoms with Crippen molar-refractivity contribution in [2.24, 2.45) is 0 Å². The molecule has 7 rings (SSSR count). The quantitative estimate of drug-likeness (QED) is 0.229. The molecule has 0 atom stereocenters. The van der Waals surface area contributed by atoms with Gasteiger partial charge >= 0.3 is 0 Å².